The molecule has 0 bridgehead atoms. The van der Waals surface area contributed by atoms with Crippen molar-refractivity contribution in [3.05, 3.63) is 35.1 Å². The first-order valence-electron chi connectivity index (χ1n) is 4.42. The number of aryl methyl sites for hydroxylation is 1. The highest BCUT2D eigenvalue weighted by molar-refractivity contribution is 6.20. The minimum absolute atomic E-state index is 0.0282. The molecule has 0 aromatic heterocycles. The Bertz CT molecular complexity index is 294. The molecule has 0 saturated heterocycles. The smallest absolute Gasteiger partial charge is 0.123 e. The molecule has 0 nitrogen and oxygen atoms in total. The summed E-state index contributed by atoms with van der Waals surface area (Å²) in [6.45, 7) is 5.92. The van der Waals surface area contributed by atoms with Gasteiger partial charge in [0, 0.05) is 5.38 Å². The van der Waals surface area contributed by atoms with E-state index in [1.165, 1.54) is 6.07 Å². The Balaban J connectivity index is 3.05. The third-order valence-electron chi connectivity index (χ3n) is 2.42. The van der Waals surface area contributed by atoms with E-state index in [1.54, 1.807) is 12.1 Å². The monoisotopic (exact) mass is 200 g/mol. The maximum Gasteiger partial charge on any atom is 0.123 e. The molecule has 1 aromatic rings. The van der Waals surface area contributed by atoms with E-state index in [4.69, 9.17) is 11.6 Å². The number of alkyl halides is 1. The lowest BCUT2D eigenvalue weighted by atomic mass is 9.94. The van der Waals surface area contributed by atoms with E-state index < -0.39 is 0 Å². The summed E-state index contributed by atoms with van der Waals surface area (Å²) in [5.41, 5.74) is 2.10. The summed E-state index contributed by atoms with van der Waals surface area (Å²) in [4.78, 5) is 0. The zero-order valence-electron chi connectivity index (χ0n) is 8.14. The summed E-state index contributed by atoms with van der Waals surface area (Å²) in [6, 6.07) is 4.84. The summed E-state index contributed by atoms with van der Waals surface area (Å²) in [6.07, 6.45) is 0. The summed E-state index contributed by atoms with van der Waals surface area (Å²) < 4.78 is 12.9. The van der Waals surface area contributed by atoms with Gasteiger partial charge in [-0.15, -0.1) is 11.6 Å². The lowest BCUT2D eigenvalue weighted by molar-refractivity contribution is 0.619. The van der Waals surface area contributed by atoms with Crippen LogP contribution in [-0.2, 0) is 0 Å². The first-order valence-corrected chi connectivity index (χ1v) is 4.86. The maximum atomic E-state index is 12.9. The second-order valence-corrected chi connectivity index (χ2v) is 4.16. The third-order valence-corrected chi connectivity index (χ3v) is 2.80. The van der Waals surface area contributed by atoms with Gasteiger partial charge < -0.3 is 0 Å². The van der Waals surface area contributed by atoms with Crippen LogP contribution in [0.3, 0.4) is 0 Å². The number of rotatable bonds is 2. The summed E-state index contributed by atoms with van der Waals surface area (Å²) >= 11 is 5.96. The van der Waals surface area contributed by atoms with Gasteiger partial charge in [-0.2, -0.15) is 0 Å². The summed E-state index contributed by atoms with van der Waals surface area (Å²) in [5.74, 6) is 0.00198. The molecule has 0 aliphatic rings. The van der Waals surface area contributed by atoms with Crippen molar-refractivity contribution >= 4 is 11.6 Å². The fourth-order valence-corrected chi connectivity index (χ4v) is 1.49. The van der Waals surface area contributed by atoms with Crippen LogP contribution in [0, 0.1) is 12.7 Å². The second-order valence-electron chi connectivity index (χ2n) is 3.47. The minimum Gasteiger partial charge on any atom is -0.207 e. The van der Waals surface area contributed by atoms with Gasteiger partial charge in [0.1, 0.15) is 5.82 Å². The predicted molar refractivity (Wildman–Crippen MR) is 54.9 cm³/mol. The van der Waals surface area contributed by atoms with Crippen LogP contribution >= 0.6 is 11.6 Å². The molecule has 0 N–H and O–H groups in total. The average molecular weight is 201 g/mol. The van der Waals surface area contributed by atoms with Gasteiger partial charge >= 0.3 is 0 Å². The van der Waals surface area contributed by atoms with Gasteiger partial charge in [0.2, 0.25) is 0 Å². The van der Waals surface area contributed by atoms with Gasteiger partial charge in [0.05, 0.1) is 0 Å². The van der Waals surface area contributed by atoms with Crippen LogP contribution in [0.1, 0.15) is 30.9 Å². The highest BCUT2D eigenvalue weighted by Gasteiger charge is 2.14. The lowest BCUT2D eigenvalue weighted by Gasteiger charge is -2.16. The van der Waals surface area contributed by atoms with Gasteiger partial charge in [0.15, 0.2) is 0 Å². The van der Waals surface area contributed by atoms with Crippen LogP contribution in [0.15, 0.2) is 18.2 Å². The molecule has 72 valence electrons. The van der Waals surface area contributed by atoms with Gasteiger partial charge in [-0.3, -0.25) is 0 Å². The van der Waals surface area contributed by atoms with Gasteiger partial charge in [-0.05, 0) is 43.0 Å². The molecule has 1 rings (SSSR count). The number of halogens is 2. The molecule has 0 amide bonds. The average Bonchev–Trinajstić information content (AvgIpc) is 2.08. The van der Waals surface area contributed by atoms with E-state index >= 15 is 0 Å². The highest BCUT2D eigenvalue weighted by Crippen LogP contribution is 2.26. The normalized spacial score (nSPS) is 15.5. The number of hydrogen-bond donors (Lipinski definition) is 0. The Morgan fingerprint density at radius 1 is 1.31 bits per heavy atom. The highest BCUT2D eigenvalue weighted by atomic mass is 35.5. The van der Waals surface area contributed by atoms with E-state index in [0.29, 0.717) is 0 Å². The third kappa shape index (κ3) is 2.44. The van der Waals surface area contributed by atoms with Crippen LogP contribution in [0.4, 0.5) is 4.39 Å². The topological polar surface area (TPSA) is 0 Å². The predicted octanol–water partition coefficient (Wildman–Crippen LogP) is 3.86. The fourth-order valence-electron chi connectivity index (χ4n) is 1.35. The van der Waals surface area contributed by atoms with Crippen LogP contribution in [0.5, 0.6) is 0 Å². The largest absolute Gasteiger partial charge is 0.207 e. The Morgan fingerprint density at radius 3 is 2.46 bits per heavy atom. The molecule has 0 aliphatic carbocycles. The molecule has 0 saturated carbocycles. The van der Waals surface area contributed by atoms with Gasteiger partial charge in [0.25, 0.3) is 0 Å². The van der Waals surface area contributed by atoms with Crippen molar-refractivity contribution < 1.29 is 4.39 Å². The molecule has 2 atom stereocenters. The van der Waals surface area contributed by atoms with E-state index in [1.807, 2.05) is 20.8 Å². The van der Waals surface area contributed by atoms with Crippen molar-refractivity contribution in [1.82, 2.24) is 0 Å². The fraction of sp³-hybridized carbons (Fsp3) is 0.455. The van der Waals surface area contributed by atoms with Crippen LogP contribution in [-0.4, -0.2) is 5.38 Å². The van der Waals surface area contributed by atoms with E-state index in [-0.39, 0.29) is 17.1 Å². The summed E-state index contributed by atoms with van der Waals surface area (Å²) in [5, 5.41) is 0.0282. The SMILES string of the molecule is Cc1ccc(F)cc1C(C)C(C)Cl. The molecule has 13 heavy (non-hydrogen) atoms. The maximum absolute atomic E-state index is 12.9. The van der Waals surface area contributed by atoms with Crippen molar-refractivity contribution in [1.29, 1.82) is 0 Å². The van der Waals surface area contributed by atoms with Crippen molar-refractivity contribution in [3.8, 4) is 0 Å². The molecule has 2 heteroatoms. The first kappa shape index (κ1) is 10.5. The molecule has 2 unspecified atom stereocenters. The Labute approximate surface area is 83.7 Å². The zero-order valence-corrected chi connectivity index (χ0v) is 8.90. The Kier molecular flexibility index (Phi) is 3.32. The number of benzene rings is 1. The molecule has 0 fully saturated rings. The standard InChI is InChI=1S/C11H14ClF/c1-7-4-5-10(13)6-11(7)8(2)9(3)12/h4-6,8-9H,1-3H3. The quantitative estimate of drug-likeness (QED) is 0.636. The number of hydrogen-bond acceptors (Lipinski definition) is 0. The molecular formula is C11H14ClF. The molecule has 0 aliphatic heterocycles. The second kappa shape index (κ2) is 4.10. The molecule has 0 radical (unpaired) electrons. The van der Waals surface area contributed by atoms with Gasteiger partial charge in [-0.1, -0.05) is 13.0 Å². The van der Waals surface area contributed by atoms with Crippen molar-refractivity contribution in [2.45, 2.75) is 32.1 Å². The molecule has 0 heterocycles. The summed E-state index contributed by atoms with van der Waals surface area (Å²) in [7, 11) is 0. The molecule has 1 aromatic carbocycles. The lowest BCUT2D eigenvalue weighted by Crippen LogP contribution is -2.07. The Hall–Kier alpha value is -0.560. The first-order chi connectivity index (χ1) is 6.02. The van der Waals surface area contributed by atoms with Crippen LogP contribution in [0.2, 0.25) is 0 Å². The van der Waals surface area contributed by atoms with Crippen molar-refractivity contribution in [2.75, 3.05) is 0 Å². The molecule has 0 spiro atoms. The van der Waals surface area contributed by atoms with Crippen LogP contribution < -0.4 is 0 Å². The van der Waals surface area contributed by atoms with E-state index in [9.17, 15) is 4.39 Å². The van der Waals surface area contributed by atoms with E-state index in [2.05, 4.69) is 0 Å². The Morgan fingerprint density at radius 2 is 1.92 bits per heavy atom. The van der Waals surface area contributed by atoms with Crippen LogP contribution in [0.25, 0.3) is 0 Å². The molecular weight excluding hydrogens is 187 g/mol. The van der Waals surface area contributed by atoms with Gasteiger partial charge in [-0.25, -0.2) is 4.39 Å². The van der Waals surface area contributed by atoms with E-state index in [0.717, 1.165) is 11.1 Å². The van der Waals surface area contributed by atoms with Crippen molar-refractivity contribution in [2.24, 2.45) is 0 Å². The van der Waals surface area contributed by atoms with Crippen molar-refractivity contribution in [3.63, 3.8) is 0 Å². The zero-order chi connectivity index (χ0) is 10.0. The minimum atomic E-state index is -0.190.